The number of nitrogens with one attached hydrogen (secondary N) is 1. The molecular formula is C15H28N4. The second-order valence-corrected chi connectivity index (χ2v) is 5.68. The SMILES string of the molecule is CCCC1CCN(c2c(CNCC)c(C)nn2C)C1. The lowest BCUT2D eigenvalue weighted by Gasteiger charge is -2.21. The lowest BCUT2D eigenvalue weighted by atomic mass is 10.0. The van der Waals surface area contributed by atoms with Crippen molar-refractivity contribution in [3.8, 4) is 0 Å². The van der Waals surface area contributed by atoms with Crippen molar-refractivity contribution in [3.63, 3.8) is 0 Å². The zero-order chi connectivity index (χ0) is 13.8. The van der Waals surface area contributed by atoms with Gasteiger partial charge in [-0.1, -0.05) is 20.3 Å². The normalized spacial score (nSPS) is 19.4. The molecule has 1 aliphatic rings. The molecule has 4 nitrogen and oxygen atoms in total. The molecule has 1 N–H and O–H groups in total. The lowest BCUT2D eigenvalue weighted by Crippen LogP contribution is -2.25. The highest BCUT2D eigenvalue weighted by molar-refractivity contribution is 5.51. The molecule has 1 aromatic rings. The van der Waals surface area contributed by atoms with E-state index in [0.29, 0.717) is 0 Å². The van der Waals surface area contributed by atoms with Crippen LogP contribution < -0.4 is 10.2 Å². The largest absolute Gasteiger partial charge is 0.356 e. The van der Waals surface area contributed by atoms with Gasteiger partial charge in [0.15, 0.2) is 0 Å². The van der Waals surface area contributed by atoms with Gasteiger partial charge in [0.05, 0.1) is 5.69 Å². The molecule has 1 aromatic heterocycles. The Morgan fingerprint density at radius 3 is 2.84 bits per heavy atom. The Morgan fingerprint density at radius 2 is 2.16 bits per heavy atom. The molecule has 1 saturated heterocycles. The standard InChI is InChI=1S/C15H28N4/c1-5-7-13-8-9-19(11-13)15-14(10-16-6-2)12(3)17-18(15)4/h13,16H,5-11H2,1-4H3. The Balaban J connectivity index is 2.15. The van der Waals surface area contributed by atoms with Crippen molar-refractivity contribution in [1.82, 2.24) is 15.1 Å². The highest BCUT2D eigenvalue weighted by Crippen LogP contribution is 2.30. The number of aromatic nitrogens is 2. The molecule has 0 aliphatic carbocycles. The van der Waals surface area contributed by atoms with Gasteiger partial charge in [-0.3, -0.25) is 4.68 Å². The Kier molecular flexibility index (Phi) is 4.86. The summed E-state index contributed by atoms with van der Waals surface area (Å²) in [4.78, 5) is 2.53. The highest BCUT2D eigenvalue weighted by atomic mass is 15.4. The molecule has 19 heavy (non-hydrogen) atoms. The minimum atomic E-state index is 0.868. The molecule has 2 rings (SSSR count). The summed E-state index contributed by atoms with van der Waals surface area (Å²) in [5.74, 6) is 2.20. The highest BCUT2D eigenvalue weighted by Gasteiger charge is 2.26. The zero-order valence-corrected chi connectivity index (χ0v) is 12.9. The summed E-state index contributed by atoms with van der Waals surface area (Å²) in [7, 11) is 2.07. The van der Waals surface area contributed by atoms with Crippen molar-refractivity contribution < 1.29 is 0 Å². The molecule has 0 bridgehead atoms. The first-order valence-electron chi connectivity index (χ1n) is 7.65. The maximum Gasteiger partial charge on any atom is 0.131 e. The lowest BCUT2D eigenvalue weighted by molar-refractivity contribution is 0.528. The molecule has 0 aromatic carbocycles. The second kappa shape index (κ2) is 6.42. The molecule has 0 saturated carbocycles. The summed E-state index contributed by atoms with van der Waals surface area (Å²) in [6, 6.07) is 0. The predicted molar refractivity (Wildman–Crippen MR) is 80.6 cm³/mol. The maximum absolute atomic E-state index is 4.61. The molecule has 108 valence electrons. The molecule has 1 unspecified atom stereocenters. The van der Waals surface area contributed by atoms with E-state index < -0.39 is 0 Å². The van der Waals surface area contributed by atoms with E-state index in [1.54, 1.807) is 0 Å². The number of rotatable bonds is 6. The van der Waals surface area contributed by atoms with Crippen LogP contribution in [0.25, 0.3) is 0 Å². The van der Waals surface area contributed by atoms with Crippen LogP contribution in [0.1, 0.15) is 44.4 Å². The molecule has 2 heterocycles. The van der Waals surface area contributed by atoms with Gasteiger partial charge < -0.3 is 10.2 Å². The summed E-state index contributed by atoms with van der Waals surface area (Å²) in [6.07, 6.45) is 3.99. The minimum Gasteiger partial charge on any atom is -0.356 e. The van der Waals surface area contributed by atoms with Crippen LogP contribution in [0.4, 0.5) is 5.82 Å². The Hall–Kier alpha value is -1.03. The van der Waals surface area contributed by atoms with E-state index >= 15 is 0 Å². The molecule has 1 aliphatic heterocycles. The third-order valence-electron chi connectivity index (χ3n) is 4.15. The van der Waals surface area contributed by atoms with Crippen molar-refractivity contribution >= 4 is 5.82 Å². The molecular weight excluding hydrogens is 236 g/mol. The fourth-order valence-corrected chi connectivity index (χ4v) is 3.21. The van der Waals surface area contributed by atoms with Crippen molar-refractivity contribution in [3.05, 3.63) is 11.3 Å². The third-order valence-corrected chi connectivity index (χ3v) is 4.15. The van der Waals surface area contributed by atoms with E-state index in [1.807, 2.05) is 0 Å². The van der Waals surface area contributed by atoms with Crippen LogP contribution in [0.15, 0.2) is 0 Å². The van der Waals surface area contributed by atoms with Crippen LogP contribution in [0, 0.1) is 12.8 Å². The van der Waals surface area contributed by atoms with Gasteiger partial charge in [-0.15, -0.1) is 0 Å². The van der Waals surface area contributed by atoms with E-state index in [2.05, 4.69) is 47.8 Å². The van der Waals surface area contributed by atoms with Gasteiger partial charge >= 0.3 is 0 Å². The molecule has 1 atom stereocenters. The smallest absolute Gasteiger partial charge is 0.131 e. The number of hydrogen-bond donors (Lipinski definition) is 1. The quantitative estimate of drug-likeness (QED) is 0.857. The van der Waals surface area contributed by atoms with E-state index in [4.69, 9.17) is 0 Å². The fourth-order valence-electron chi connectivity index (χ4n) is 3.21. The summed E-state index contributed by atoms with van der Waals surface area (Å²) < 4.78 is 2.07. The molecule has 0 spiro atoms. The van der Waals surface area contributed by atoms with Crippen molar-refractivity contribution in [2.24, 2.45) is 13.0 Å². The molecule has 0 radical (unpaired) electrons. The first-order chi connectivity index (χ1) is 9.17. The number of hydrogen-bond acceptors (Lipinski definition) is 3. The van der Waals surface area contributed by atoms with Crippen LogP contribution in [-0.4, -0.2) is 29.4 Å². The Bertz CT molecular complexity index is 411. The van der Waals surface area contributed by atoms with E-state index in [-0.39, 0.29) is 0 Å². The first kappa shape index (κ1) is 14.4. The Morgan fingerprint density at radius 1 is 1.37 bits per heavy atom. The average Bonchev–Trinajstić information content (AvgIpc) is 2.92. The maximum atomic E-state index is 4.61. The van der Waals surface area contributed by atoms with Gasteiger partial charge in [-0.2, -0.15) is 5.10 Å². The van der Waals surface area contributed by atoms with E-state index in [1.165, 1.54) is 43.7 Å². The number of aryl methyl sites for hydroxylation is 2. The summed E-state index contributed by atoms with van der Waals surface area (Å²) in [5.41, 5.74) is 2.54. The van der Waals surface area contributed by atoms with Gasteiger partial charge in [0.25, 0.3) is 0 Å². The van der Waals surface area contributed by atoms with Gasteiger partial charge in [-0.05, 0) is 32.2 Å². The van der Waals surface area contributed by atoms with Crippen molar-refractivity contribution in [2.45, 2.75) is 46.6 Å². The van der Waals surface area contributed by atoms with Gasteiger partial charge in [0.2, 0.25) is 0 Å². The molecule has 1 fully saturated rings. The monoisotopic (exact) mass is 264 g/mol. The zero-order valence-electron chi connectivity index (χ0n) is 12.9. The summed E-state index contributed by atoms with van der Waals surface area (Å²) >= 11 is 0. The fraction of sp³-hybridized carbons (Fsp3) is 0.800. The first-order valence-corrected chi connectivity index (χ1v) is 7.65. The Labute approximate surface area is 117 Å². The van der Waals surface area contributed by atoms with Crippen molar-refractivity contribution in [1.29, 1.82) is 0 Å². The van der Waals surface area contributed by atoms with Gasteiger partial charge in [-0.25, -0.2) is 0 Å². The summed E-state index contributed by atoms with van der Waals surface area (Å²) in [5, 5.41) is 8.05. The number of anilines is 1. The van der Waals surface area contributed by atoms with E-state index in [9.17, 15) is 0 Å². The second-order valence-electron chi connectivity index (χ2n) is 5.68. The van der Waals surface area contributed by atoms with Crippen molar-refractivity contribution in [2.75, 3.05) is 24.5 Å². The average molecular weight is 264 g/mol. The number of nitrogens with zero attached hydrogens (tertiary/aromatic N) is 3. The molecule has 0 amide bonds. The van der Waals surface area contributed by atoms with Crippen LogP contribution in [-0.2, 0) is 13.6 Å². The predicted octanol–water partition coefficient (Wildman–Crippen LogP) is 2.46. The summed E-state index contributed by atoms with van der Waals surface area (Å²) in [6.45, 7) is 10.9. The minimum absolute atomic E-state index is 0.868. The van der Waals surface area contributed by atoms with Gasteiger partial charge in [0, 0.05) is 32.2 Å². The molecule has 4 heteroatoms. The third kappa shape index (κ3) is 3.11. The van der Waals surface area contributed by atoms with E-state index in [0.717, 1.165) is 24.7 Å². The van der Waals surface area contributed by atoms with Crippen LogP contribution in [0.5, 0.6) is 0 Å². The van der Waals surface area contributed by atoms with Crippen LogP contribution in [0.2, 0.25) is 0 Å². The van der Waals surface area contributed by atoms with Crippen LogP contribution in [0.3, 0.4) is 0 Å². The van der Waals surface area contributed by atoms with Crippen LogP contribution >= 0.6 is 0 Å². The topological polar surface area (TPSA) is 33.1 Å². The van der Waals surface area contributed by atoms with Gasteiger partial charge in [0.1, 0.15) is 5.82 Å².